The second-order valence-corrected chi connectivity index (χ2v) is 8.44. The number of aromatic nitrogens is 4. The van der Waals surface area contributed by atoms with Crippen molar-refractivity contribution in [2.24, 2.45) is 11.5 Å². The molecule has 10 heteroatoms. The van der Waals surface area contributed by atoms with E-state index in [0.29, 0.717) is 47.9 Å². The first kappa shape index (κ1) is 24.8. The standard InChI is InChI=1S/C26H27F2N7O/c1-4-21-23(17(11-29)6-5-15(2)30)25(33-14-32-21)18-9-19(27)24(20(28)10-18)26(36)34-7-8-35-16(3)12-31-22(35)13-34/h5-6,9-12,14H,2,4,7-8,13,29-30H2,1,3H3/b6-5-,17-11+. The number of allylic oxidation sites excluding steroid dienone is 3. The fourth-order valence-corrected chi connectivity index (χ4v) is 4.29. The third-order valence-corrected chi connectivity index (χ3v) is 6.09. The van der Waals surface area contributed by atoms with Crippen molar-refractivity contribution in [3.05, 3.63) is 95.3 Å². The first-order chi connectivity index (χ1) is 17.2. The molecule has 0 bridgehead atoms. The zero-order valence-corrected chi connectivity index (χ0v) is 20.1. The Balaban J connectivity index is 1.74. The van der Waals surface area contributed by atoms with Crippen LogP contribution in [-0.4, -0.2) is 36.9 Å². The number of rotatable bonds is 6. The lowest BCUT2D eigenvalue weighted by molar-refractivity contribution is 0.0696. The normalized spacial score (nSPS) is 13.8. The van der Waals surface area contributed by atoms with Crippen molar-refractivity contribution in [2.45, 2.75) is 33.4 Å². The summed E-state index contributed by atoms with van der Waals surface area (Å²) in [6.07, 6.45) is 8.09. The molecule has 0 saturated carbocycles. The molecule has 1 aliphatic heterocycles. The van der Waals surface area contributed by atoms with Gasteiger partial charge in [0.25, 0.3) is 5.91 Å². The number of nitrogens with two attached hydrogens (primary N) is 2. The van der Waals surface area contributed by atoms with Crippen molar-refractivity contribution in [2.75, 3.05) is 6.54 Å². The van der Waals surface area contributed by atoms with Crippen molar-refractivity contribution in [1.29, 1.82) is 0 Å². The van der Waals surface area contributed by atoms with Crippen LogP contribution in [0.15, 0.2) is 55.3 Å². The van der Waals surface area contributed by atoms with E-state index in [9.17, 15) is 4.79 Å². The van der Waals surface area contributed by atoms with Gasteiger partial charge < -0.3 is 20.9 Å². The summed E-state index contributed by atoms with van der Waals surface area (Å²) < 4.78 is 32.6. The van der Waals surface area contributed by atoms with Gasteiger partial charge in [0.1, 0.15) is 29.3 Å². The van der Waals surface area contributed by atoms with Gasteiger partial charge in [-0.25, -0.2) is 23.7 Å². The maximum atomic E-state index is 15.3. The van der Waals surface area contributed by atoms with Crippen LogP contribution in [0.3, 0.4) is 0 Å². The number of carbonyl (C=O) groups is 1. The summed E-state index contributed by atoms with van der Waals surface area (Å²) in [7, 11) is 0. The van der Waals surface area contributed by atoms with E-state index >= 15 is 8.78 Å². The molecular formula is C26H27F2N7O. The quantitative estimate of drug-likeness (QED) is 0.510. The van der Waals surface area contributed by atoms with Gasteiger partial charge in [-0.1, -0.05) is 19.6 Å². The number of benzene rings is 1. The monoisotopic (exact) mass is 491 g/mol. The lowest BCUT2D eigenvalue weighted by Crippen LogP contribution is -2.39. The maximum Gasteiger partial charge on any atom is 0.260 e. The average molecular weight is 492 g/mol. The predicted molar refractivity (Wildman–Crippen MR) is 133 cm³/mol. The minimum absolute atomic E-state index is 0.151. The molecule has 0 aliphatic carbocycles. The van der Waals surface area contributed by atoms with E-state index in [2.05, 4.69) is 21.5 Å². The van der Waals surface area contributed by atoms with Gasteiger partial charge in [0.2, 0.25) is 0 Å². The van der Waals surface area contributed by atoms with Crippen molar-refractivity contribution in [1.82, 2.24) is 24.4 Å². The van der Waals surface area contributed by atoms with Gasteiger partial charge in [-0.3, -0.25) is 4.79 Å². The summed E-state index contributed by atoms with van der Waals surface area (Å²) in [5, 5.41) is 0. The van der Waals surface area contributed by atoms with E-state index in [1.165, 1.54) is 17.4 Å². The van der Waals surface area contributed by atoms with Crippen LogP contribution >= 0.6 is 0 Å². The van der Waals surface area contributed by atoms with Crippen LogP contribution in [0, 0.1) is 18.6 Å². The van der Waals surface area contributed by atoms with E-state index < -0.39 is 23.1 Å². The number of halogens is 2. The summed E-state index contributed by atoms with van der Waals surface area (Å²) >= 11 is 0. The molecule has 0 radical (unpaired) electrons. The Bertz CT molecular complexity index is 1380. The molecule has 3 aromatic rings. The summed E-state index contributed by atoms with van der Waals surface area (Å²) in [5.74, 6) is -2.01. The average Bonchev–Trinajstić information content (AvgIpc) is 3.23. The largest absolute Gasteiger partial charge is 0.404 e. The number of fused-ring (bicyclic) bond motifs is 1. The fourth-order valence-electron chi connectivity index (χ4n) is 4.29. The van der Waals surface area contributed by atoms with E-state index in [4.69, 9.17) is 11.5 Å². The lowest BCUT2D eigenvalue weighted by atomic mass is 9.95. The molecule has 1 aromatic carbocycles. The van der Waals surface area contributed by atoms with Crippen LogP contribution < -0.4 is 11.5 Å². The minimum Gasteiger partial charge on any atom is -0.404 e. The highest BCUT2D eigenvalue weighted by atomic mass is 19.1. The zero-order chi connectivity index (χ0) is 26.0. The van der Waals surface area contributed by atoms with Crippen LogP contribution in [0.1, 0.15) is 40.1 Å². The smallest absolute Gasteiger partial charge is 0.260 e. The molecule has 1 amide bonds. The molecule has 3 heterocycles. The molecule has 0 fully saturated rings. The van der Waals surface area contributed by atoms with Crippen molar-refractivity contribution >= 4 is 11.5 Å². The van der Waals surface area contributed by atoms with Crippen molar-refractivity contribution < 1.29 is 13.6 Å². The van der Waals surface area contributed by atoms with Gasteiger partial charge in [-0.2, -0.15) is 0 Å². The Morgan fingerprint density at radius 2 is 1.86 bits per heavy atom. The number of imidazole rings is 1. The Morgan fingerprint density at radius 3 is 2.50 bits per heavy atom. The van der Waals surface area contributed by atoms with Gasteiger partial charge in [0.15, 0.2) is 0 Å². The molecule has 4 rings (SSSR count). The van der Waals surface area contributed by atoms with E-state index in [0.717, 1.165) is 17.8 Å². The van der Waals surface area contributed by atoms with Crippen LogP contribution in [-0.2, 0) is 19.5 Å². The van der Waals surface area contributed by atoms with Crippen LogP contribution in [0.4, 0.5) is 8.78 Å². The van der Waals surface area contributed by atoms with Gasteiger partial charge in [0, 0.05) is 53.6 Å². The highest BCUT2D eigenvalue weighted by Gasteiger charge is 2.29. The highest BCUT2D eigenvalue weighted by molar-refractivity contribution is 5.95. The number of amides is 1. The van der Waals surface area contributed by atoms with E-state index in [-0.39, 0.29) is 17.8 Å². The first-order valence-electron chi connectivity index (χ1n) is 11.4. The zero-order valence-electron chi connectivity index (χ0n) is 20.1. The topological polar surface area (TPSA) is 116 Å². The Hall–Kier alpha value is -4.34. The summed E-state index contributed by atoms with van der Waals surface area (Å²) in [5.41, 5.74) is 14.2. The fraction of sp³-hybridized carbons (Fsp3) is 0.231. The molecule has 0 unspecified atom stereocenters. The molecule has 4 N–H and O–H groups in total. The van der Waals surface area contributed by atoms with Gasteiger partial charge in [0.05, 0.1) is 17.9 Å². The van der Waals surface area contributed by atoms with Gasteiger partial charge in [-0.15, -0.1) is 0 Å². The number of nitrogens with zero attached hydrogens (tertiary/aromatic N) is 5. The molecule has 186 valence electrons. The minimum atomic E-state index is -0.980. The Kier molecular flexibility index (Phi) is 6.96. The Morgan fingerprint density at radius 1 is 1.14 bits per heavy atom. The number of hydrogen-bond acceptors (Lipinski definition) is 6. The van der Waals surface area contributed by atoms with Crippen molar-refractivity contribution in [3.63, 3.8) is 0 Å². The second kappa shape index (κ2) is 10.1. The number of aryl methyl sites for hydroxylation is 2. The van der Waals surface area contributed by atoms with Crippen LogP contribution in [0.2, 0.25) is 0 Å². The van der Waals surface area contributed by atoms with Crippen molar-refractivity contribution in [3.8, 4) is 11.3 Å². The molecule has 2 aromatic heterocycles. The van der Waals surface area contributed by atoms with Crippen LogP contribution in [0.25, 0.3) is 16.8 Å². The van der Waals surface area contributed by atoms with E-state index in [1.54, 1.807) is 18.3 Å². The number of hydrogen-bond donors (Lipinski definition) is 2. The summed E-state index contributed by atoms with van der Waals surface area (Å²) in [4.78, 5) is 27.4. The molecule has 0 atom stereocenters. The predicted octanol–water partition coefficient (Wildman–Crippen LogP) is 3.47. The second-order valence-electron chi connectivity index (χ2n) is 8.44. The highest BCUT2D eigenvalue weighted by Crippen LogP contribution is 2.32. The maximum absolute atomic E-state index is 15.3. The molecule has 36 heavy (non-hydrogen) atoms. The SMILES string of the molecule is C=C(N)/C=C\C(=C/N)c1c(CC)ncnc1-c1cc(F)c(C(=O)N2CCn3c(C)cnc3C2)c(F)c1. The number of carbonyl (C=O) groups excluding carboxylic acids is 1. The van der Waals surface area contributed by atoms with Crippen LogP contribution in [0.5, 0.6) is 0 Å². The lowest BCUT2D eigenvalue weighted by Gasteiger charge is -2.28. The molecular weight excluding hydrogens is 464 g/mol. The summed E-state index contributed by atoms with van der Waals surface area (Å²) in [6.45, 7) is 8.45. The Labute approximate surface area is 207 Å². The molecule has 0 spiro atoms. The molecule has 8 nitrogen and oxygen atoms in total. The van der Waals surface area contributed by atoms with Gasteiger partial charge in [-0.05, 0) is 31.6 Å². The third-order valence-electron chi connectivity index (χ3n) is 6.09. The summed E-state index contributed by atoms with van der Waals surface area (Å²) in [6, 6.07) is 2.21. The first-order valence-corrected chi connectivity index (χ1v) is 11.4. The molecule has 1 aliphatic rings. The van der Waals surface area contributed by atoms with Gasteiger partial charge >= 0.3 is 0 Å². The van der Waals surface area contributed by atoms with E-state index in [1.807, 2.05) is 18.4 Å². The molecule has 0 saturated heterocycles. The third kappa shape index (κ3) is 4.61.